The monoisotopic (exact) mass is 475 g/mol. The molecule has 0 aromatic heterocycles. The smallest absolute Gasteiger partial charge is 0.408 e. The second-order valence-electron chi connectivity index (χ2n) is 9.57. The number of benzene rings is 1. The van der Waals surface area contributed by atoms with Crippen LogP contribution in [0.2, 0.25) is 0 Å². The summed E-state index contributed by atoms with van der Waals surface area (Å²) in [5, 5.41) is 5.62. The van der Waals surface area contributed by atoms with Crippen LogP contribution in [0.3, 0.4) is 0 Å². The van der Waals surface area contributed by atoms with Gasteiger partial charge in [0.15, 0.2) is 0 Å². The highest BCUT2D eigenvalue weighted by atomic mass is 16.7. The molecule has 186 valence electrons. The second kappa shape index (κ2) is 11.6. The van der Waals surface area contributed by atoms with Crippen molar-refractivity contribution in [2.75, 3.05) is 0 Å². The summed E-state index contributed by atoms with van der Waals surface area (Å²) in [5.41, 5.74) is 0.0198. The van der Waals surface area contributed by atoms with E-state index >= 15 is 0 Å². The molecular weight excluding hydrogens is 442 g/mol. The standard InChI is InChI=1S/C24H33N3O7/c1-15(2)13-18(22(31)34-27-19(28)11-12-20(27)29)25-21(30)17(14-16-9-7-6-8-10-16)26-23(32)33-24(3,4)5/h6-10,15,17-18H,11-14H2,1-5H3,(H,25,30)(H,26,32)/t17-,18-/m0/s1. The molecule has 2 atom stereocenters. The van der Waals surface area contributed by atoms with Crippen LogP contribution in [0.5, 0.6) is 0 Å². The van der Waals surface area contributed by atoms with Crippen LogP contribution in [-0.2, 0) is 35.2 Å². The van der Waals surface area contributed by atoms with E-state index in [2.05, 4.69) is 10.6 Å². The maximum atomic E-state index is 13.2. The number of nitrogens with zero attached hydrogens (tertiary/aromatic N) is 1. The average Bonchev–Trinajstić information content (AvgIpc) is 3.03. The summed E-state index contributed by atoms with van der Waals surface area (Å²) in [5.74, 6) is -2.80. The van der Waals surface area contributed by atoms with E-state index < -0.39 is 47.5 Å². The number of hydroxylamine groups is 2. The highest BCUT2D eigenvalue weighted by Gasteiger charge is 2.36. The fourth-order valence-electron chi connectivity index (χ4n) is 3.28. The first-order valence-corrected chi connectivity index (χ1v) is 11.3. The maximum Gasteiger partial charge on any atom is 0.408 e. The Balaban J connectivity index is 2.17. The molecule has 0 aliphatic carbocycles. The van der Waals surface area contributed by atoms with E-state index in [1.54, 1.807) is 32.9 Å². The lowest BCUT2D eigenvalue weighted by atomic mass is 10.0. The molecule has 0 bridgehead atoms. The molecule has 0 radical (unpaired) electrons. The van der Waals surface area contributed by atoms with Crippen LogP contribution in [0.15, 0.2) is 30.3 Å². The summed E-state index contributed by atoms with van der Waals surface area (Å²) in [6, 6.07) is 6.88. The van der Waals surface area contributed by atoms with Crippen molar-refractivity contribution >= 4 is 29.8 Å². The molecular formula is C24H33N3O7. The number of hydrogen-bond donors (Lipinski definition) is 2. The number of nitrogens with one attached hydrogen (secondary N) is 2. The van der Waals surface area contributed by atoms with Gasteiger partial charge in [-0.25, -0.2) is 9.59 Å². The lowest BCUT2D eigenvalue weighted by Crippen LogP contribution is -2.54. The number of amides is 4. The lowest BCUT2D eigenvalue weighted by Gasteiger charge is -2.26. The van der Waals surface area contributed by atoms with Gasteiger partial charge >= 0.3 is 12.1 Å². The number of alkyl carbamates (subject to hydrolysis) is 1. The molecule has 1 aromatic rings. The molecule has 1 aliphatic heterocycles. The molecule has 2 rings (SSSR count). The summed E-state index contributed by atoms with van der Waals surface area (Å²) < 4.78 is 5.28. The van der Waals surface area contributed by atoms with Crippen LogP contribution in [-0.4, -0.2) is 52.5 Å². The summed E-state index contributed by atoms with van der Waals surface area (Å²) in [4.78, 5) is 66.9. The molecule has 10 heteroatoms. The van der Waals surface area contributed by atoms with Gasteiger partial charge in [-0.05, 0) is 38.7 Å². The van der Waals surface area contributed by atoms with Gasteiger partial charge in [-0.3, -0.25) is 14.4 Å². The van der Waals surface area contributed by atoms with Crippen molar-refractivity contribution in [3.8, 4) is 0 Å². The van der Waals surface area contributed by atoms with Gasteiger partial charge in [0.25, 0.3) is 11.8 Å². The Bertz CT molecular complexity index is 893. The van der Waals surface area contributed by atoms with E-state index in [1.165, 1.54) is 0 Å². The number of rotatable bonds is 9. The van der Waals surface area contributed by atoms with E-state index in [0.29, 0.717) is 5.06 Å². The van der Waals surface area contributed by atoms with Gasteiger partial charge in [0.1, 0.15) is 17.7 Å². The first-order valence-electron chi connectivity index (χ1n) is 11.3. The van der Waals surface area contributed by atoms with Crippen LogP contribution in [0.1, 0.15) is 59.4 Å². The van der Waals surface area contributed by atoms with Crippen LogP contribution < -0.4 is 10.6 Å². The van der Waals surface area contributed by atoms with Gasteiger partial charge in [-0.15, -0.1) is 5.06 Å². The Kier molecular flexibility index (Phi) is 9.17. The summed E-state index contributed by atoms with van der Waals surface area (Å²) in [6.45, 7) is 8.80. The van der Waals surface area contributed by atoms with Crippen LogP contribution in [0.25, 0.3) is 0 Å². The van der Waals surface area contributed by atoms with E-state index in [1.807, 2.05) is 32.0 Å². The quantitative estimate of drug-likeness (QED) is 0.524. The maximum absolute atomic E-state index is 13.2. The molecule has 0 spiro atoms. The SMILES string of the molecule is CC(C)C[C@H](NC(=O)[C@H](Cc1ccccc1)NC(=O)OC(C)(C)C)C(=O)ON1C(=O)CCC1=O. The largest absolute Gasteiger partial charge is 0.444 e. The predicted octanol–water partition coefficient (Wildman–Crippen LogP) is 2.26. The minimum absolute atomic E-state index is 0.0192. The van der Waals surface area contributed by atoms with Crippen LogP contribution in [0.4, 0.5) is 4.79 Å². The van der Waals surface area contributed by atoms with E-state index in [4.69, 9.17) is 9.57 Å². The molecule has 10 nitrogen and oxygen atoms in total. The van der Waals surface area contributed by atoms with Crippen molar-refractivity contribution in [3.05, 3.63) is 35.9 Å². The molecule has 1 heterocycles. The highest BCUT2D eigenvalue weighted by molar-refractivity contribution is 6.02. The topological polar surface area (TPSA) is 131 Å². The fraction of sp³-hybridized carbons (Fsp3) is 0.542. The number of carbonyl (C=O) groups excluding carboxylic acids is 5. The molecule has 1 aliphatic rings. The number of imide groups is 1. The van der Waals surface area contributed by atoms with Gasteiger partial charge in [0.2, 0.25) is 5.91 Å². The molecule has 1 fully saturated rings. The Morgan fingerprint density at radius 1 is 0.971 bits per heavy atom. The van der Waals surface area contributed by atoms with Crippen LogP contribution >= 0.6 is 0 Å². The highest BCUT2D eigenvalue weighted by Crippen LogP contribution is 2.15. The molecule has 1 saturated heterocycles. The molecule has 2 N–H and O–H groups in total. The first kappa shape index (κ1) is 26.8. The summed E-state index contributed by atoms with van der Waals surface area (Å²) in [6.07, 6.45) is -0.498. The Morgan fingerprint density at radius 3 is 2.09 bits per heavy atom. The molecule has 4 amide bonds. The molecule has 0 unspecified atom stereocenters. The van der Waals surface area contributed by atoms with Gasteiger partial charge in [0.05, 0.1) is 0 Å². The Labute approximate surface area is 199 Å². The molecule has 34 heavy (non-hydrogen) atoms. The Morgan fingerprint density at radius 2 is 1.56 bits per heavy atom. The fourth-order valence-corrected chi connectivity index (χ4v) is 3.28. The first-order chi connectivity index (χ1) is 15.9. The van der Waals surface area contributed by atoms with E-state index in [-0.39, 0.29) is 31.6 Å². The van der Waals surface area contributed by atoms with Gasteiger partial charge in [-0.1, -0.05) is 44.2 Å². The van der Waals surface area contributed by atoms with Crippen LogP contribution in [0, 0.1) is 5.92 Å². The predicted molar refractivity (Wildman–Crippen MR) is 122 cm³/mol. The third-order valence-corrected chi connectivity index (χ3v) is 4.79. The number of carbonyl (C=O) groups is 5. The van der Waals surface area contributed by atoms with Crippen molar-refractivity contribution in [1.82, 2.24) is 15.7 Å². The summed E-state index contributed by atoms with van der Waals surface area (Å²) in [7, 11) is 0. The zero-order chi connectivity index (χ0) is 25.5. The molecule has 1 aromatic carbocycles. The second-order valence-corrected chi connectivity index (χ2v) is 9.57. The Hall–Kier alpha value is -3.43. The van der Waals surface area contributed by atoms with Crippen molar-refractivity contribution in [2.45, 2.75) is 78.0 Å². The molecule has 0 saturated carbocycles. The van der Waals surface area contributed by atoms with E-state index in [9.17, 15) is 24.0 Å². The zero-order valence-electron chi connectivity index (χ0n) is 20.3. The zero-order valence-corrected chi connectivity index (χ0v) is 20.3. The third kappa shape index (κ3) is 8.49. The van der Waals surface area contributed by atoms with Gasteiger partial charge in [0, 0.05) is 19.3 Å². The minimum atomic E-state index is -1.13. The number of hydrogen-bond acceptors (Lipinski definition) is 7. The summed E-state index contributed by atoms with van der Waals surface area (Å²) >= 11 is 0. The van der Waals surface area contributed by atoms with Gasteiger partial charge < -0.3 is 20.2 Å². The van der Waals surface area contributed by atoms with Crippen molar-refractivity contribution in [2.24, 2.45) is 5.92 Å². The van der Waals surface area contributed by atoms with Gasteiger partial charge in [-0.2, -0.15) is 0 Å². The number of ether oxygens (including phenoxy) is 1. The third-order valence-electron chi connectivity index (χ3n) is 4.79. The minimum Gasteiger partial charge on any atom is -0.444 e. The average molecular weight is 476 g/mol. The normalized spacial score (nSPS) is 15.6. The van der Waals surface area contributed by atoms with Crippen molar-refractivity contribution in [3.63, 3.8) is 0 Å². The van der Waals surface area contributed by atoms with Crippen molar-refractivity contribution in [1.29, 1.82) is 0 Å². The van der Waals surface area contributed by atoms with Crippen molar-refractivity contribution < 1.29 is 33.5 Å². The lowest BCUT2D eigenvalue weighted by molar-refractivity contribution is -0.199. The van der Waals surface area contributed by atoms with E-state index in [0.717, 1.165) is 5.56 Å².